The third kappa shape index (κ3) is 6.50. The highest BCUT2D eigenvalue weighted by molar-refractivity contribution is 5.65. The third-order valence-electron chi connectivity index (χ3n) is 3.49. The fourth-order valence-corrected chi connectivity index (χ4v) is 2.21. The summed E-state index contributed by atoms with van der Waals surface area (Å²) in [6, 6.07) is 7.86. The van der Waals surface area contributed by atoms with Gasteiger partial charge < -0.3 is 4.74 Å². The molecule has 0 unspecified atom stereocenters. The van der Waals surface area contributed by atoms with Crippen LogP contribution in [0.5, 0.6) is 5.75 Å². The number of hydrogen-bond donors (Lipinski definition) is 0. The van der Waals surface area contributed by atoms with Crippen LogP contribution in [0.15, 0.2) is 23.8 Å². The first kappa shape index (κ1) is 19.2. The average molecular weight is 327 g/mol. The maximum atomic E-state index is 11.2. The second kappa shape index (κ2) is 10.8. The number of nitro groups is 1. The lowest BCUT2D eigenvalue weighted by Crippen LogP contribution is -2.01. The number of nitrogens with zero attached hydrogens (tertiary/aromatic N) is 3. The van der Waals surface area contributed by atoms with Crippen molar-refractivity contribution in [3.05, 3.63) is 39.4 Å². The molecule has 1 rings (SSSR count). The van der Waals surface area contributed by atoms with Crippen molar-refractivity contribution >= 4 is 11.8 Å². The molecule has 0 aliphatic carbocycles. The summed E-state index contributed by atoms with van der Waals surface area (Å²) in [7, 11) is 0. The van der Waals surface area contributed by atoms with E-state index in [1.54, 1.807) is 18.2 Å². The number of unbranched alkanes of at least 4 members (excludes halogenated alkanes) is 5. The van der Waals surface area contributed by atoms with E-state index in [2.05, 4.69) is 6.92 Å². The van der Waals surface area contributed by atoms with Crippen molar-refractivity contribution in [3.8, 4) is 17.9 Å². The van der Waals surface area contributed by atoms with Crippen LogP contribution in [0.2, 0.25) is 0 Å². The highest BCUT2D eigenvalue weighted by Crippen LogP contribution is 2.29. The highest BCUT2D eigenvalue weighted by atomic mass is 16.6. The molecule has 0 saturated heterocycles. The van der Waals surface area contributed by atoms with Crippen LogP contribution in [0.4, 0.5) is 5.69 Å². The smallest absolute Gasteiger partial charge is 0.311 e. The number of benzene rings is 1. The molecule has 0 saturated carbocycles. The summed E-state index contributed by atoms with van der Waals surface area (Å²) in [5, 5.41) is 28.7. The van der Waals surface area contributed by atoms with Gasteiger partial charge in [-0.05, 0) is 24.1 Å². The second-order valence-electron chi connectivity index (χ2n) is 5.38. The Morgan fingerprint density at radius 1 is 1.21 bits per heavy atom. The molecule has 0 radical (unpaired) electrons. The summed E-state index contributed by atoms with van der Waals surface area (Å²) < 4.78 is 5.53. The van der Waals surface area contributed by atoms with E-state index < -0.39 is 4.92 Å². The Morgan fingerprint density at radius 2 is 1.88 bits per heavy atom. The van der Waals surface area contributed by atoms with Gasteiger partial charge in [-0.3, -0.25) is 10.1 Å². The van der Waals surface area contributed by atoms with Crippen LogP contribution in [0.1, 0.15) is 51.0 Å². The molecule has 0 spiro atoms. The predicted molar refractivity (Wildman–Crippen MR) is 91.2 cm³/mol. The maximum absolute atomic E-state index is 11.2. The van der Waals surface area contributed by atoms with Gasteiger partial charge in [-0.2, -0.15) is 10.5 Å². The van der Waals surface area contributed by atoms with Crippen molar-refractivity contribution in [2.45, 2.75) is 45.4 Å². The van der Waals surface area contributed by atoms with E-state index >= 15 is 0 Å². The summed E-state index contributed by atoms with van der Waals surface area (Å²) in [4.78, 5) is 10.7. The number of nitriles is 2. The molecule has 0 aliphatic rings. The summed E-state index contributed by atoms with van der Waals surface area (Å²) in [6.45, 7) is 2.60. The molecule has 1 aromatic rings. The normalized spacial score (nSPS) is 9.62. The minimum Gasteiger partial charge on any atom is -0.487 e. The molecular formula is C18H21N3O3. The van der Waals surface area contributed by atoms with Gasteiger partial charge in [0.1, 0.15) is 17.7 Å². The molecule has 0 fully saturated rings. The number of rotatable bonds is 10. The Morgan fingerprint density at radius 3 is 2.50 bits per heavy atom. The first-order valence-electron chi connectivity index (χ1n) is 8.05. The van der Waals surface area contributed by atoms with E-state index in [0.717, 1.165) is 19.3 Å². The van der Waals surface area contributed by atoms with Crippen LogP contribution < -0.4 is 4.74 Å². The SMILES string of the molecule is CCCCCCCCOc1ccc(C=C(C#N)C#N)cc1[N+](=O)[O-]. The maximum Gasteiger partial charge on any atom is 0.311 e. The van der Waals surface area contributed by atoms with Crippen LogP contribution in [-0.4, -0.2) is 11.5 Å². The van der Waals surface area contributed by atoms with Gasteiger partial charge in [-0.1, -0.05) is 45.1 Å². The molecule has 0 aliphatic heterocycles. The van der Waals surface area contributed by atoms with Crippen LogP contribution in [-0.2, 0) is 0 Å². The zero-order valence-electron chi connectivity index (χ0n) is 13.8. The molecule has 0 N–H and O–H groups in total. The zero-order valence-corrected chi connectivity index (χ0v) is 13.8. The van der Waals surface area contributed by atoms with E-state index in [0.29, 0.717) is 12.2 Å². The summed E-state index contributed by atoms with van der Waals surface area (Å²) in [5.74, 6) is 0.209. The topological polar surface area (TPSA) is 99.9 Å². The van der Waals surface area contributed by atoms with Gasteiger partial charge in [0.15, 0.2) is 5.75 Å². The average Bonchev–Trinajstić information content (AvgIpc) is 2.59. The number of hydrogen-bond acceptors (Lipinski definition) is 5. The van der Waals surface area contributed by atoms with Gasteiger partial charge in [0.2, 0.25) is 0 Å². The standard InChI is InChI=1S/C18H21N3O3/c1-2-3-4-5-6-7-10-24-18-9-8-15(11-16(13-19)14-20)12-17(18)21(22)23/h8-9,11-12H,2-7,10H2,1H3. The number of ether oxygens (including phenoxy) is 1. The molecule has 24 heavy (non-hydrogen) atoms. The molecule has 0 atom stereocenters. The predicted octanol–water partition coefficient (Wildman–Crippen LogP) is 4.76. The van der Waals surface area contributed by atoms with Gasteiger partial charge in [0.05, 0.1) is 11.5 Å². The van der Waals surface area contributed by atoms with Crippen molar-refractivity contribution in [3.63, 3.8) is 0 Å². The van der Waals surface area contributed by atoms with Gasteiger partial charge in [0, 0.05) is 6.07 Å². The molecule has 6 nitrogen and oxygen atoms in total. The zero-order chi connectivity index (χ0) is 17.8. The molecule has 0 bridgehead atoms. The fraction of sp³-hybridized carbons (Fsp3) is 0.444. The summed E-state index contributed by atoms with van der Waals surface area (Å²) in [5.41, 5.74) is 0.154. The minimum atomic E-state index is -0.521. The quantitative estimate of drug-likeness (QED) is 0.267. The van der Waals surface area contributed by atoms with Crippen LogP contribution in [0.3, 0.4) is 0 Å². The fourth-order valence-electron chi connectivity index (χ4n) is 2.21. The molecule has 0 aromatic heterocycles. The van der Waals surface area contributed by atoms with Crippen LogP contribution in [0.25, 0.3) is 6.08 Å². The Labute approximate surface area is 142 Å². The van der Waals surface area contributed by atoms with E-state index in [4.69, 9.17) is 15.3 Å². The van der Waals surface area contributed by atoms with Crippen LogP contribution >= 0.6 is 0 Å². The molecular weight excluding hydrogens is 306 g/mol. The van der Waals surface area contributed by atoms with Crippen molar-refractivity contribution in [1.29, 1.82) is 10.5 Å². The lowest BCUT2D eigenvalue weighted by Gasteiger charge is -2.07. The largest absolute Gasteiger partial charge is 0.487 e. The Balaban J connectivity index is 2.68. The lowest BCUT2D eigenvalue weighted by molar-refractivity contribution is -0.385. The lowest BCUT2D eigenvalue weighted by atomic mass is 10.1. The Hall–Kier alpha value is -2.86. The number of nitro benzene ring substituents is 1. The van der Waals surface area contributed by atoms with E-state index in [1.165, 1.54) is 37.5 Å². The van der Waals surface area contributed by atoms with Crippen molar-refractivity contribution in [2.24, 2.45) is 0 Å². The van der Waals surface area contributed by atoms with Crippen molar-refractivity contribution < 1.29 is 9.66 Å². The second-order valence-corrected chi connectivity index (χ2v) is 5.38. The van der Waals surface area contributed by atoms with Crippen molar-refractivity contribution in [2.75, 3.05) is 6.61 Å². The van der Waals surface area contributed by atoms with E-state index in [1.807, 2.05) is 0 Å². The van der Waals surface area contributed by atoms with Gasteiger partial charge in [-0.25, -0.2) is 0 Å². The molecule has 6 heteroatoms. The van der Waals surface area contributed by atoms with Gasteiger partial charge in [-0.15, -0.1) is 0 Å². The van der Waals surface area contributed by atoms with Crippen molar-refractivity contribution in [1.82, 2.24) is 0 Å². The first-order valence-corrected chi connectivity index (χ1v) is 8.05. The van der Waals surface area contributed by atoms with Gasteiger partial charge in [0.25, 0.3) is 0 Å². The summed E-state index contributed by atoms with van der Waals surface area (Å²) >= 11 is 0. The molecule has 1 aromatic carbocycles. The summed E-state index contributed by atoms with van der Waals surface area (Å²) in [6.07, 6.45) is 7.99. The van der Waals surface area contributed by atoms with Crippen LogP contribution in [0, 0.1) is 32.8 Å². The highest BCUT2D eigenvalue weighted by Gasteiger charge is 2.15. The first-order chi connectivity index (χ1) is 11.6. The van der Waals surface area contributed by atoms with E-state index in [9.17, 15) is 10.1 Å². The Bertz CT molecular complexity index is 653. The third-order valence-corrected chi connectivity index (χ3v) is 3.49. The number of allylic oxidation sites excluding steroid dienone is 1. The van der Waals surface area contributed by atoms with Gasteiger partial charge >= 0.3 is 5.69 Å². The molecule has 126 valence electrons. The Kier molecular flexibility index (Phi) is 8.63. The molecule has 0 heterocycles. The monoisotopic (exact) mass is 327 g/mol. The van der Waals surface area contributed by atoms with E-state index in [-0.39, 0.29) is 17.0 Å². The minimum absolute atomic E-state index is 0.106. The molecule has 0 amide bonds.